The Bertz CT molecular complexity index is 865. The van der Waals surface area contributed by atoms with E-state index in [-0.39, 0.29) is 5.41 Å². The van der Waals surface area contributed by atoms with Crippen LogP contribution in [0.5, 0.6) is 0 Å². The van der Waals surface area contributed by atoms with Crippen LogP contribution < -0.4 is 0 Å². The Morgan fingerprint density at radius 1 is 1.26 bits per heavy atom. The Labute approximate surface area is 140 Å². The maximum atomic E-state index is 9.11. The molecule has 1 spiro atoms. The minimum atomic E-state index is -0.239. The topological polar surface area (TPSA) is 49.0 Å². The first-order valence-corrected chi connectivity index (χ1v) is 8.17. The fourth-order valence-corrected chi connectivity index (χ4v) is 4.12. The number of rotatable bonds is 1. The summed E-state index contributed by atoms with van der Waals surface area (Å²) in [5, 5.41) is 9.11. The van der Waals surface area contributed by atoms with Crippen LogP contribution in [0.3, 0.4) is 0 Å². The van der Waals surface area contributed by atoms with Gasteiger partial charge in [-0.05, 0) is 48.4 Å². The van der Waals surface area contributed by atoms with Crippen molar-refractivity contribution in [2.24, 2.45) is 4.99 Å². The molecule has 1 saturated carbocycles. The van der Waals surface area contributed by atoms with E-state index >= 15 is 0 Å². The molecule has 112 valence electrons. The molecule has 1 aromatic carbocycles. The fraction of sp³-hybridized carbons (Fsp3) is 0.263. The molecule has 0 amide bonds. The maximum absolute atomic E-state index is 9.11. The van der Waals surface area contributed by atoms with Gasteiger partial charge in [0.1, 0.15) is 6.07 Å². The Balaban J connectivity index is 1.74. The zero-order valence-corrected chi connectivity index (χ0v) is 13.4. The van der Waals surface area contributed by atoms with Gasteiger partial charge in [-0.1, -0.05) is 30.4 Å². The lowest BCUT2D eigenvalue weighted by Crippen LogP contribution is -2.40. The van der Waals surface area contributed by atoms with Crippen LogP contribution in [0, 0.1) is 11.3 Å². The smallest absolute Gasteiger partial charge is 0.101 e. The summed E-state index contributed by atoms with van der Waals surface area (Å²) >= 11 is 5.75. The van der Waals surface area contributed by atoms with Crippen molar-refractivity contribution < 1.29 is 0 Å². The second-order valence-electron chi connectivity index (χ2n) is 6.23. The summed E-state index contributed by atoms with van der Waals surface area (Å²) in [6.45, 7) is 0. The number of benzene rings is 1. The summed E-state index contributed by atoms with van der Waals surface area (Å²) in [4.78, 5) is 9.90. The molecule has 0 bridgehead atoms. The van der Waals surface area contributed by atoms with Crippen molar-refractivity contribution in [3.05, 3.63) is 59.4 Å². The highest BCUT2D eigenvalue weighted by Gasteiger charge is 2.44. The highest BCUT2D eigenvalue weighted by Crippen LogP contribution is 2.48. The van der Waals surface area contributed by atoms with Gasteiger partial charge in [0.15, 0.2) is 0 Å². The molecule has 2 aliphatic rings. The van der Waals surface area contributed by atoms with E-state index in [9.17, 15) is 0 Å². The molecular weight excluding hydrogens is 302 g/mol. The van der Waals surface area contributed by atoms with E-state index < -0.39 is 0 Å². The number of nitriles is 1. The van der Waals surface area contributed by atoms with Crippen molar-refractivity contribution >= 4 is 29.0 Å². The lowest BCUT2D eigenvalue weighted by Gasteiger charge is -2.37. The number of hydrogen-bond acceptors (Lipinski definition) is 4. The van der Waals surface area contributed by atoms with E-state index in [1.54, 1.807) is 6.20 Å². The van der Waals surface area contributed by atoms with Gasteiger partial charge in [0, 0.05) is 23.5 Å². The van der Waals surface area contributed by atoms with Crippen LogP contribution in [0.1, 0.15) is 41.9 Å². The van der Waals surface area contributed by atoms with Crippen LogP contribution in [-0.2, 0) is 5.41 Å². The normalized spacial score (nSPS) is 25.3. The van der Waals surface area contributed by atoms with Crippen LogP contribution in [0.15, 0.2) is 47.7 Å². The summed E-state index contributed by atoms with van der Waals surface area (Å²) in [5.74, 6) is 0.347. The molecule has 0 radical (unpaired) electrons. The minimum absolute atomic E-state index is 0.239. The first-order chi connectivity index (χ1) is 11.2. The van der Waals surface area contributed by atoms with Crippen molar-refractivity contribution in [2.75, 3.05) is 0 Å². The van der Waals surface area contributed by atoms with Gasteiger partial charge < -0.3 is 0 Å². The molecule has 3 nitrogen and oxygen atoms in total. The first kappa shape index (κ1) is 14.2. The average Bonchev–Trinajstić information content (AvgIpc) is 2.97. The molecule has 1 aromatic heterocycles. The van der Waals surface area contributed by atoms with Crippen molar-refractivity contribution in [3.63, 3.8) is 0 Å². The molecule has 23 heavy (non-hydrogen) atoms. The van der Waals surface area contributed by atoms with Gasteiger partial charge in [-0.15, -0.1) is 0 Å². The Kier molecular flexibility index (Phi) is 3.32. The molecule has 2 heterocycles. The number of aromatic nitrogens is 1. The van der Waals surface area contributed by atoms with Crippen LogP contribution in [0.25, 0.3) is 0 Å². The molecule has 0 saturated heterocycles. The van der Waals surface area contributed by atoms with E-state index in [4.69, 9.17) is 17.5 Å². The van der Waals surface area contributed by atoms with Gasteiger partial charge in [-0.2, -0.15) is 5.26 Å². The highest BCUT2D eigenvalue weighted by atomic mass is 32.1. The Morgan fingerprint density at radius 3 is 3.00 bits per heavy atom. The van der Waals surface area contributed by atoms with Gasteiger partial charge >= 0.3 is 0 Å². The molecule has 0 N–H and O–H groups in total. The number of pyridine rings is 1. The minimum Gasteiger partial charge on any atom is -0.263 e. The van der Waals surface area contributed by atoms with E-state index in [1.165, 1.54) is 5.56 Å². The van der Waals surface area contributed by atoms with Crippen LogP contribution in [-0.4, -0.2) is 16.1 Å². The van der Waals surface area contributed by atoms with Crippen LogP contribution >= 0.6 is 12.2 Å². The molecule has 2 aromatic rings. The van der Waals surface area contributed by atoms with Gasteiger partial charge in [0.2, 0.25) is 0 Å². The van der Waals surface area contributed by atoms with Gasteiger partial charge in [-0.25, -0.2) is 0 Å². The average molecular weight is 317 g/mol. The molecule has 1 aliphatic heterocycles. The lowest BCUT2D eigenvalue weighted by atomic mass is 9.65. The van der Waals surface area contributed by atoms with Crippen molar-refractivity contribution in [1.29, 1.82) is 5.26 Å². The largest absolute Gasteiger partial charge is 0.263 e. The standard InChI is InChI=1S/C19H15N3S/c20-9-13-7-15(11-21-10-13)14-5-6-18(23)19(8-14)12-22-17-4-2-1-3-16(17)19/h1-4,7,10-12,14H,5-6,8H2. The zero-order valence-electron chi connectivity index (χ0n) is 12.6. The van der Waals surface area contributed by atoms with E-state index in [2.05, 4.69) is 28.2 Å². The Hall–Kier alpha value is -2.38. The molecule has 1 aliphatic carbocycles. The molecule has 1 fully saturated rings. The number of nitrogens with zero attached hydrogens (tertiary/aromatic N) is 3. The van der Waals surface area contributed by atoms with Gasteiger partial charge in [0.05, 0.1) is 16.7 Å². The van der Waals surface area contributed by atoms with Crippen molar-refractivity contribution in [1.82, 2.24) is 4.98 Å². The van der Waals surface area contributed by atoms with Crippen LogP contribution in [0.2, 0.25) is 0 Å². The number of aliphatic imine (C=N–C) groups is 1. The quantitative estimate of drug-likeness (QED) is 0.739. The summed E-state index contributed by atoms with van der Waals surface area (Å²) in [6, 6.07) is 12.4. The number of fused-ring (bicyclic) bond motifs is 2. The molecule has 4 heteroatoms. The first-order valence-electron chi connectivity index (χ1n) is 7.76. The van der Waals surface area contributed by atoms with Crippen LogP contribution in [0.4, 0.5) is 5.69 Å². The van der Waals surface area contributed by atoms with Crippen molar-refractivity contribution in [3.8, 4) is 6.07 Å². The summed E-state index contributed by atoms with van der Waals surface area (Å²) in [6.07, 6.45) is 8.34. The number of para-hydroxylation sites is 1. The summed E-state index contributed by atoms with van der Waals surface area (Å²) < 4.78 is 0. The Morgan fingerprint density at radius 2 is 2.13 bits per heavy atom. The molecular formula is C19H15N3S. The third-order valence-corrected chi connectivity index (χ3v) is 5.52. The summed E-state index contributed by atoms with van der Waals surface area (Å²) in [7, 11) is 0. The van der Waals surface area contributed by atoms with Crippen molar-refractivity contribution in [2.45, 2.75) is 30.6 Å². The number of thiocarbonyl (C=S) groups is 1. The maximum Gasteiger partial charge on any atom is 0.101 e. The predicted octanol–water partition coefficient (Wildman–Crippen LogP) is 4.24. The van der Waals surface area contributed by atoms with Gasteiger partial charge in [-0.3, -0.25) is 9.98 Å². The summed E-state index contributed by atoms with van der Waals surface area (Å²) in [5.41, 5.74) is 3.75. The fourth-order valence-electron chi connectivity index (χ4n) is 3.76. The van der Waals surface area contributed by atoms with E-state index in [0.29, 0.717) is 11.5 Å². The van der Waals surface area contributed by atoms with E-state index in [1.807, 2.05) is 30.6 Å². The highest BCUT2D eigenvalue weighted by molar-refractivity contribution is 7.80. The molecule has 2 atom stereocenters. The third kappa shape index (κ3) is 2.20. The molecule has 4 rings (SSSR count). The lowest BCUT2D eigenvalue weighted by molar-refractivity contribution is 0.498. The zero-order chi connectivity index (χ0) is 15.9. The second-order valence-corrected chi connectivity index (χ2v) is 6.72. The third-order valence-electron chi connectivity index (χ3n) is 4.95. The SMILES string of the molecule is N#Cc1cncc(C2CCC(=S)C3(C=Nc4ccccc43)C2)c1. The van der Waals surface area contributed by atoms with Gasteiger partial charge in [0.25, 0.3) is 0 Å². The number of hydrogen-bond donors (Lipinski definition) is 0. The second kappa shape index (κ2) is 5.36. The predicted molar refractivity (Wildman–Crippen MR) is 94.4 cm³/mol. The molecule has 2 unspecified atom stereocenters. The monoisotopic (exact) mass is 317 g/mol. The van der Waals surface area contributed by atoms with E-state index in [0.717, 1.165) is 35.4 Å².